The Hall–Kier alpha value is -0.570. The molecule has 1 heterocycles. The van der Waals surface area contributed by atoms with Crippen LogP contribution in [0.5, 0.6) is 0 Å². The van der Waals surface area contributed by atoms with E-state index in [4.69, 9.17) is 16.3 Å². The number of aliphatic imine (C=N–C) groups is 1. The van der Waals surface area contributed by atoms with Crippen LogP contribution in [0.25, 0.3) is 0 Å². The number of guanidine groups is 1. The molecule has 0 radical (unpaired) electrons. The molecule has 0 saturated carbocycles. The van der Waals surface area contributed by atoms with Crippen LogP contribution in [0, 0.1) is 0 Å². The summed E-state index contributed by atoms with van der Waals surface area (Å²) >= 11 is 5.89. The number of benzene rings is 1. The summed E-state index contributed by atoms with van der Waals surface area (Å²) in [6, 6.07) is 7.79. The summed E-state index contributed by atoms with van der Waals surface area (Å²) in [6.45, 7) is 9.16. The molecular weight excluding hydrogens is 427 g/mol. The van der Waals surface area contributed by atoms with Gasteiger partial charge in [0, 0.05) is 37.7 Å². The molecule has 0 spiro atoms. The zero-order chi connectivity index (χ0) is 15.6. The highest BCUT2D eigenvalue weighted by Crippen LogP contribution is 2.10. The summed E-state index contributed by atoms with van der Waals surface area (Å²) in [5, 5.41) is 7.40. The zero-order valence-electron chi connectivity index (χ0n) is 13.6. The van der Waals surface area contributed by atoms with Crippen LogP contribution in [0.4, 0.5) is 0 Å². The van der Waals surface area contributed by atoms with Crippen LogP contribution in [0.3, 0.4) is 0 Å². The van der Waals surface area contributed by atoms with E-state index in [-0.39, 0.29) is 24.0 Å². The molecule has 7 heteroatoms. The summed E-state index contributed by atoms with van der Waals surface area (Å²) in [5.74, 6) is 0.853. The van der Waals surface area contributed by atoms with Gasteiger partial charge in [-0.05, 0) is 24.6 Å². The number of hydrogen-bond donors (Lipinski definition) is 2. The van der Waals surface area contributed by atoms with Crippen LogP contribution >= 0.6 is 35.6 Å². The average Bonchev–Trinajstić information content (AvgIpc) is 2.55. The van der Waals surface area contributed by atoms with E-state index in [2.05, 4.69) is 27.4 Å². The smallest absolute Gasteiger partial charge is 0.191 e. The maximum atomic E-state index is 5.89. The Balaban J connectivity index is 0.00000264. The van der Waals surface area contributed by atoms with Crippen molar-refractivity contribution in [3.63, 3.8) is 0 Å². The van der Waals surface area contributed by atoms with Gasteiger partial charge in [0.1, 0.15) is 0 Å². The highest BCUT2D eigenvalue weighted by molar-refractivity contribution is 14.0. The van der Waals surface area contributed by atoms with Crippen LogP contribution < -0.4 is 10.6 Å². The summed E-state index contributed by atoms with van der Waals surface area (Å²) < 4.78 is 5.35. The maximum absolute atomic E-state index is 5.89. The first kappa shape index (κ1) is 20.5. The Labute approximate surface area is 160 Å². The van der Waals surface area contributed by atoms with E-state index in [0.717, 1.165) is 62.5 Å². The summed E-state index contributed by atoms with van der Waals surface area (Å²) in [4.78, 5) is 7.01. The van der Waals surface area contributed by atoms with Crippen LogP contribution in [0.2, 0.25) is 5.02 Å². The van der Waals surface area contributed by atoms with E-state index in [1.54, 1.807) is 0 Å². The number of rotatable bonds is 6. The molecule has 0 unspecified atom stereocenters. The average molecular weight is 453 g/mol. The van der Waals surface area contributed by atoms with Crippen molar-refractivity contribution in [1.82, 2.24) is 15.5 Å². The lowest BCUT2D eigenvalue weighted by Gasteiger charge is -2.26. The fourth-order valence-corrected chi connectivity index (χ4v) is 2.39. The molecule has 2 rings (SSSR count). The number of halogens is 2. The molecule has 130 valence electrons. The molecule has 0 atom stereocenters. The number of nitrogens with zero attached hydrogens (tertiary/aromatic N) is 2. The third kappa shape index (κ3) is 8.19. The minimum absolute atomic E-state index is 0. The largest absolute Gasteiger partial charge is 0.379 e. The third-order valence-electron chi connectivity index (χ3n) is 3.50. The van der Waals surface area contributed by atoms with Crippen LogP contribution in [0.15, 0.2) is 29.3 Å². The van der Waals surface area contributed by atoms with Gasteiger partial charge in [-0.15, -0.1) is 24.0 Å². The molecule has 1 aliphatic rings. The van der Waals surface area contributed by atoms with Gasteiger partial charge < -0.3 is 15.4 Å². The molecule has 0 amide bonds. The highest BCUT2D eigenvalue weighted by atomic mass is 127. The second-order valence-electron chi connectivity index (χ2n) is 5.20. The lowest BCUT2D eigenvalue weighted by atomic mass is 10.2. The van der Waals surface area contributed by atoms with Gasteiger partial charge in [-0.1, -0.05) is 23.7 Å². The fourth-order valence-electron chi connectivity index (χ4n) is 2.26. The van der Waals surface area contributed by atoms with Crippen LogP contribution in [-0.2, 0) is 11.3 Å². The molecule has 0 aliphatic carbocycles. The topological polar surface area (TPSA) is 48.9 Å². The highest BCUT2D eigenvalue weighted by Gasteiger charge is 2.09. The van der Waals surface area contributed by atoms with Gasteiger partial charge in [0.15, 0.2) is 5.96 Å². The minimum atomic E-state index is 0. The predicted octanol–water partition coefficient (Wildman–Crippen LogP) is 2.35. The maximum Gasteiger partial charge on any atom is 0.191 e. The van der Waals surface area contributed by atoms with E-state index in [9.17, 15) is 0 Å². The Kier molecular flexibility index (Phi) is 10.6. The molecule has 0 bridgehead atoms. The molecule has 2 N–H and O–H groups in total. The Morgan fingerprint density at radius 3 is 2.57 bits per heavy atom. The van der Waals surface area contributed by atoms with Gasteiger partial charge >= 0.3 is 0 Å². The molecule has 1 aliphatic heterocycles. The summed E-state index contributed by atoms with van der Waals surface area (Å²) in [6.07, 6.45) is 0. The third-order valence-corrected chi connectivity index (χ3v) is 3.75. The Morgan fingerprint density at radius 1 is 1.22 bits per heavy atom. The van der Waals surface area contributed by atoms with Gasteiger partial charge in [0.2, 0.25) is 0 Å². The van der Waals surface area contributed by atoms with E-state index >= 15 is 0 Å². The molecule has 1 saturated heterocycles. The normalized spacial score (nSPS) is 15.8. The second-order valence-corrected chi connectivity index (χ2v) is 5.64. The summed E-state index contributed by atoms with van der Waals surface area (Å²) in [7, 11) is 0. The minimum Gasteiger partial charge on any atom is -0.379 e. The van der Waals surface area contributed by atoms with E-state index < -0.39 is 0 Å². The molecule has 1 aromatic rings. The Bertz CT molecular complexity index is 464. The first-order chi connectivity index (χ1) is 10.8. The lowest BCUT2D eigenvalue weighted by Crippen LogP contribution is -2.44. The van der Waals surface area contributed by atoms with Crippen molar-refractivity contribution in [2.45, 2.75) is 13.5 Å². The predicted molar refractivity (Wildman–Crippen MR) is 107 cm³/mol. The van der Waals surface area contributed by atoms with E-state index in [1.165, 1.54) is 0 Å². The van der Waals surface area contributed by atoms with Gasteiger partial charge in [0.25, 0.3) is 0 Å². The first-order valence-corrected chi connectivity index (χ1v) is 8.22. The standard InChI is InChI=1S/C16H25ClN4O.HI/c1-2-18-16(19-7-8-21-9-11-22-12-10-21)20-13-14-3-5-15(17)6-4-14;/h3-6H,2,7-13H2,1H3,(H2,18,19,20);1H. The number of nitrogens with one attached hydrogen (secondary N) is 2. The van der Waals surface area contributed by atoms with Crippen LogP contribution in [-0.4, -0.2) is 56.8 Å². The molecule has 23 heavy (non-hydrogen) atoms. The lowest BCUT2D eigenvalue weighted by molar-refractivity contribution is 0.0389. The van der Waals surface area contributed by atoms with Gasteiger partial charge in [-0.2, -0.15) is 0 Å². The van der Waals surface area contributed by atoms with Gasteiger partial charge in [0.05, 0.1) is 19.8 Å². The molecule has 0 aromatic heterocycles. The fraction of sp³-hybridized carbons (Fsp3) is 0.562. The number of ether oxygens (including phenoxy) is 1. The first-order valence-electron chi connectivity index (χ1n) is 7.84. The molecular formula is C16H26ClIN4O. The van der Waals surface area contributed by atoms with Crippen molar-refractivity contribution < 1.29 is 4.74 Å². The summed E-state index contributed by atoms with van der Waals surface area (Å²) in [5.41, 5.74) is 1.15. The Morgan fingerprint density at radius 2 is 1.91 bits per heavy atom. The van der Waals surface area contributed by atoms with Crippen LogP contribution in [0.1, 0.15) is 12.5 Å². The molecule has 5 nitrogen and oxygen atoms in total. The van der Waals surface area contributed by atoms with E-state index in [0.29, 0.717) is 6.54 Å². The monoisotopic (exact) mass is 452 g/mol. The van der Waals surface area contributed by atoms with Crippen molar-refractivity contribution >= 4 is 41.5 Å². The second kappa shape index (κ2) is 11.9. The van der Waals surface area contributed by atoms with Crippen molar-refractivity contribution in [1.29, 1.82) is 0 Å². The van der Waals surface area contributed by atoms with Crippen molar-refractivity contribution in [2.24, 2.45) is 4.99 Å². The van der Waals surface area contributed by atoms with Crippen molar-refractivity contribution in [3.8, 4) is 0 Å². The quantitative estimate of drug-likeness (QED) is 0.395. The van der Waals surface area contributed by atoms with Crippen molar-refractivity contribution in [2.75, 3.05) is 45.9 Å². The van der Waals surface area contributed by atoms with Gasteiger partial charge in [-0.25, -0.2) is 4.99 Å². The van der Waals surface area contributed by atoms with E-state index in [1.807, 2.05) is 24.3 Å². The molecule has 1 fully saturated rings. The number of hydrogen-bond acceptors (Lipinski definition) is 3. The van der Waals surface area contributed by atoms with Gasteiger partial charge in [-0.3, -0.25) is 4.90 Å². The number of morpholine rings is 1. The van der Waals surface area contributed by atoms with Crippen molar-refractivity contribution in [3.05, 3.63) is 34.9 Å². The SMILES string of the molecule is CCNC(=NCc1ccc(Cl)cc1)NCCN1CCOCC1.I. The zero-order valence-corrected chi connectivity index (χ0v) is 16.6. The molecule has 1 aromatic carbocycles.